The molecule has 18 heavy (non-hydrogen) atoms. The van der Waals surface area contributed by atoms with Gasteiger partial charge in [0.1, 0.15) is 5.82 Å². The highest BCUT2D eigenvalue weighted by Crippen LogP contribution is 2.30. The minimum atomic E-state index is -0.507. The summed E-state index contributed by atoms with van der Waals surface area (Å²) in [6.07, 6.45) is 0. The zero-order valence-electron chi connectivity index (χ0n) is 9.24. The summed E-state index contributed by atoms with van der Waals surface area (Å²) in [5, 5.41) is 12.1. The first-order valence-corrected chi connectivity index (χ1v) is 5.50. The highest BCUT2D eigenvalue weighted by atomic mass is 35.5. The van der Waals surface area contributed by atoms with Crippen LogP contribution in [0, 0.1) is 17.1 Å². The average molecular weight is 262 g/mol. The predicted octanol–water partition coefficient (Wildman–Crippen LogP) is 3.68. The Hall–Kier alpha value is -2.25. The van der Waals surface area contributed by atoms with Crippen molar-refractivity contribution < 1.29 is 4.39 Å². The molecule has 0 fully saturated rings. The van der Waals surface area contributed by atoms with E-state index in [0.29, 0.717) is 22.0 Å². The molecule has 0 saturated heterocycles. The standard InChI is InChI=1S/C13H9ClFN3/c14-9-5-4-8(7-16)6-12(9)18-11-3-1-2-10(15)13(11)17/h1-6,18H,17H2. The SMILES string of the molecule is N#Cc1ccc(Cl)c(Nc2cccc(F)c2N)c1. The predicted molar refractivity (Wildman–Crippen MR) is 70.3 cm³/mol. The second-order valence-electron chi connectivity index (χ2n) is 3.63. The smallest absolute Gasteiger partial charge is 0.148 e. The van der Waals surface area contributed by atoms with Gasteiger partial charge in [-0.15, -0.1) is 0 Å². The lowest BCUT2D eigenvalue weighted by Crippen LogP contribution is -1.99. The number of halogens is 2. The molecular formula is C13H9ClFN3. The molecule has 0 amide bonds. The van der Waals surface area contributed by atoms with Gasteiger partial charge in [-0.1, -0.05) is 17.7 Å². The zero-order chi connectivity index (χ0) is 13.1. The summed E-state index contributed by atoms with van der Waals surface area (Å²) in [5.74, 6) is -0.507. The first-order chi connectivity index (χ1) is 8.61. The molecule has 0 aliphatic rings. The molecule has 0 spiro atoms. The van der Waals surface area contributed by atoms with Crippen molar-refractivity contribution in [1.29, 1.82) is 5.26 Å². The summed E-state index contributed by atoms with van der Waals surface area (Å²) < 4.78 is 13.3. The summed E-state index contributed by atoms with van der Waals surface area (Å²) in [6, 6.07) is 11.2. The van der Waals surface area contributed by atoms with Gasteiger partial charge >= 0.3 is 0 Å². The second-order valence-corrected chi connectivity index (χ2v) is 4.04. The van der Waals surface area contributed by atoms with Crippen LogP contribution in [0.4, 0.5) is 21.5 Å². The van der Waals surface area contributed by atoms with Crippen LogP contribution in [0.1, 0.15) is 5.56 Å². The average Bonchev–Trinajstić information content (AvgIpc) is 2.37. The van der Waals surface area contributed by atoms with Crippen molar-refractivity contribution in [2.24, 2.45) is 0 Å². The van der Waals surface area contributed by atoms with Crippen LogP contribution in [0.5, 0.6) is 0 Å². The molecule has 2 rings (SSSR count). The van der Waals surface area contributed by atoms with E-state index < -0.39 is 5.82 Å². The maximum Gasteiger partial charge on any atom is 0.148 e. The number of nitrogens with two attached hydrogens (primary N) is 1. The number of hydrogen-bond acceptors (Lipinski definition) is 3. The summed E-state index contributed by atoms with van der Waals surface area (Å²) in [4.78, 5) is 0. The number of nitrogens with zero attached hydrogens (tertiary/aromatic N) is 1. The summed E-state index contributed by atoms with van der Waals surface area (Å²) >= 11 is 5.99. The molecule has 3 N–H and O–H groups in total. The summed E-state index contributed by atoms with van der Waals surface area (Å²) in [5.41, 5.74) is 6.99. The fourth-order valence-electron chi connectivity index (χ4n) is 1.48. The van der Waals surface area contributed by atoms with E-state index >= 15 is 0 Å². The Labute approximate surface area is 109 Å². The number of rotatable bonds is 2. The number of nitriles is 1. The fraction of sp³-hybridized carbons (Fsp3) is 0. The van der Waals surface area contributed by atoms with Crippen molar-refractivity contribution in [3.05, 3.63) is 52.8 Å². The Morgan fingerprint density at radius 1 is 1.22 bits per heavy atom. The molecule has 0 radical (unpaired) electrons. The normalized spacial score (nSPS) is 9.83. The van der Waals surface area contributed by atoms with Crippen LogP contribution in [-0.2, 0) is 0 Å². The lowest BCUT2D eigenvalue weighted by Gasteiger charge is -2.11. The first kappa shape index (κ1) is 12.2. The Morgan fingerprint density at radius 2 is 2.00 bits per heavy atom. The van der Waals surface area contributed by atoms with Gasteiger partial charge in [-0.25, -0.2) is 4.39 Å². The third kappa shape index (κ3) is 2.36. The van der Waals surface area contributed by atoms with Gasteiger partial charge in [-0.3, -0.25) is 0 Å². The molecule has 90 valence electrons. The second kappa shape index (κ2) is 4.94. The Kier molecular flexibility index (Phi) is 3.35. The van der Waals surface area contributed by atoms with Gasteiger partial charge in [0.15, 0.2) is 0 Å². The van der Waals surface area contributed by atoms with Gasteiger partial charge in [0, 0.05) is 0 Å². The van der Waals surface area contributed by atoms with Crippen LogP contribution in [-0.4, -0.2) is 0 Å². The van der Waals surface area contributed by atoms with Crippen molar-refractivity contribution in [1.82, 2.24) is 0 Å². The molecule has 0 saturated carbocycles. The minimum absolute atomic E-state index is 0.0101. The van der Waals surface area contributed by atoms with Crippen LogP contribution in [0.15, 0.2) is 36.4 Å². The van der Waals surface area contributed by atoms with Gasteiger partial charge in [-0.05, 0) is 30.3 Å². The number of nitrogen functional groups attached to an aromatic ring is 1. The molecule has 2 aromatic rings. The number of anilines is 3. The van der Waals surface area contributed by atoms with Crippen molar-refractivity contribution in [3.63, 3.8) is 0 Å². The Balaban J connectivity index is 2.40. The van der Waals surface area contributed by atoms with E-state index in [1.54, 1.807) is 24.3 Å². The molecule has 2 aromatic carbocycles. The lowest BCUT2D eigenvalue weighted by atomic mass is 10.2. The minimum Gasteiger partial charge on any atom is -0.395 e. The van der Waals surface area contributed by atoms with E-state index in [4.69, 9.17) is 22.6 Å². The summed E-state index contributed by atoms with van der Waals surface area (Å²) in [7, 11) is 0. The van der Waals surface area contributed by atoms with E-state index in [9.17, 15) is 4.39 Å². The molecule has 0 unspecified atom stereocenters. The van der Waals surface area contributed by atoms with Gasteiger partial charge < -0.3 is 11.1 Å². The van der Waals surface area contributed by atoms with E-state index in [1.807, 2.05) is 6.07 Å². The van der Waals surface area contributed by atoms with Gasteiger partial charge in [0.2, 0.25) is 0 Å². The Morgan fingerprint density at radius 3 is 2.72 bits per heavy atom. The monoisotopic (exact) mass is 261 g/mol. The molecule has 0 heterocycles. The van der Waals surface area contributed by atoms with Crippen LogP contribution < -0.4 is 11.1 Å². The van der Waals surface area contributed by atoms with E-state index in [-0.39, 0.29) is 5.69 Å². The van der Waals surface area contributed by atoms with Crippen LogP contribution in [0.3, 0.4) is 0 Å². The molecule has 0 bridgehead atoms. The topological polar surface area (TPSA) is 61.8 Å². The zero-order valence-corrected chi connectivity index (χ0v) is 10.0. The Bertz CT molecular complexity index is 635. The maximum absolute atomic E-state index is 13.3. The number of hydrogen-bond donors (Lipinski definition) is 2. The number of benzene rings is 2. The molecular weight excluding hydrogens is 253 g/mol. The van der Waals surface area contributed by atoms with Crippen molar-refractivity contribution in [2.75, 3.05) is 11.1 Å². The fourth-order valence-corrected chi connectivity index (χ4v) is 1.65. The molecule has 0 aromatic heterocycles. The summed E-state index contributed by atoms with van der Waals surface area (Å²) in [6.45, 7) is 0. The van der Waals surface area contributed by atoms with Crippen molar-refractivity contribution in [3.8, 4) is 6.07 Å². The lowest BCUT2D eigenvalue weighted by molar-refractivity contribution is 0.633. The van der Waals surface area contributed by atoms with Crippen LogP contribution in [0.2, 0.25) is 5.02 Å². The van der Waals surface area contributed by atoms with Gasteiger partial charge in [-0.2, -0.15) is 5.26 Å². The van der Waals surface area contributed by atoms with E-state index in [1.165, 1.54) is 12.1 Å². The van der Waals surface area contributed by atoms with E-state index in [2.05, 4.69) is 5.32 Å². The molecule has 3 nitrogen and oxygen atoms in total. The maximum atomic E-state index is 13.3. The molecule has 0 aliphatic heterocycles. The quantitative estimate of drug-likeness (QED) is 0.811. The van der Waals surface area contributed by atoms with Crippen LogP contribution in [0.25, 0.3) is 0 Å². The third-order valence-electron chi connectivity index (χ3n) is 2.42. The third-order valence-corrected chi connectivity index (χ3v) is 2.75. The van der Waals surface area contributed by atoms with E-state index in [0.717, 1.165) is 0 Å². The van der Waals surface area contributed by atoms with Gasteiger partial charge in [0.05, 0.1) is 33.7 Å². The van der Waals surface area contributed by atoms with Crippen LogP contribution >= 0.6 is 11.6 Å². The van der Waals surface area contributed by atoms with Crippen molar-refractivity contribution >= 4 is 28.7 Å². The van der Waals surface area contributed by atoms with Crippen molar-refractivity contribution in [2.45, 2.75) is 0 Å². The number of nitrogens with one attached hydrogen (secondary N) is 1. The molecule has 0 atom stereocenters. The first-order valence-electron chi connectivity index (χ1n) is 5.12. The number of para-hydroxylation sites is 1. The molecule has 0 aliphatic carbocycles. The highest BCUT2D eigenvalue weighted by Gasteiger charge is 2.07. The molecule has 5 heteroatoms. The highest BCUT2D eigenvalue weighted by molar-refractivity contribution is 6.33. The van der Waals surface area contributed by atoms with Gasteiger partial charge in [0.25, 0.3) is 0 Å². The largest absolute Gasteiger partial charge is 0.395 e.